The molecule has 1 heterocycles. The van der Waals surface area contributed by atoms with Crippen LogP contribution in [0.3, 0.4) is 0 Å². The van der Waals surface area contributed by atoms with Gasteiger partial charge in [0.25, 0.3) is 0 Å². The standard InChI is InChI=1S/C21H30N2O3/c24-20(8-4-7-16-5-2-1-3-6-16)22-13-14-26-18-10-11-19-17(15-18)9-12-21(25)23-19/h10-11,15-16H,1-9,12-14H2,(H,22,24)(H,23,25). The van der Waals surface area contributed by atoms with E-state index in [0.29, 0.717) is 26.0 Å². The van der Waals surface area contributed by atoms with Crippen LogP contribution in [-0.2, 0) is 16.0 Å². The normalized spacial score (nSPS) is 17.3. The summed E-state index contributed by atoms with van der Waals surface area (Å²) in [6.07, 6.45) is 10.9. The maximum absolute atomic E-state index is 11.9. The smallest absolute Gasteiger partial charge is 0.224 e. The van der Waals surface area contributed by atoms with Gasteiger partial charge in [-0.15, -0.1) is 0 Å². The molecule has 142 valence electrons. The molecule has 0 spiro atoms. The molecule has 1 saturated carbocycles. The first-order chi connectivity index (χ1) is 12.7. The molecule has 26 heavy (non-hydrogen) atoms. The van der Waals surface area contributed by atoms with Gasteiger partial charge in [0.05, 0.1) is 6.54 Å². The molecule has 0 unspecified atom stereocenters. The highest BCUT2D eigenvalue weighted by atomic mass is 16.5. The largest absolute Gasteiger partial charge is 0.492 e. The SMILES string of the molecule is O=C(CCCC1CCCCC1)NCCOc1ccc2c(c1)CCC(=O)N2. The highest BCUT2D eigenvalue weighted by Crippen LogP contribution is 2.28. The monoisotopic (exact) mass is 358 g/mol. The Kier molecular flexibility index (Phi) is 6.92. The summed E-state index contributed by atoms with van der Waals surface area (Å²) in [5.74, 6) is 1.81. The van der Waals surface area contributed by atoms with Crippen molar-refractivity contribution in [3.63, 3.8) is 0 Å². The number of nitrogens with one attached hydrogen (secondary N) is 2. The van der Waals surface area contributed by atoms with Gasteiger partial charge in [-0.05, 0) is 48.9 Å². The third-order valence-corrected chi connectivity index (χ3v) is 5.41. The van der Waals surface area contributed by atoms with Crippen LogP contribution in [0.4, 0.5) is 5.69 Å². The molecule has 5 heteroatoms. The molecule has 1 aliphatic carbocycles. The zero-order valence-electron chi connectivity index (χ0n) is 15.5. The lowest BCUT2D eigenvalue weighted by Gasteiger charge is -2.21. The van der Waals surface area contributed by atoms with Crippen molar-refractivity contribution in [2.24, 2.45) is 5.92 Å². The van der Waals surface area contributed by atoms with Gasteiger partial charge in [0, 0.05) is 18.5 Å². The second-order valence-corrected chi connectivity index (χ2v) is 7.46. The molecular formula is C21H30N2O3. The van der Waals surface area contributed by atoms with Gasteiger partial charge >= 0.3 is 0 Å². The number of hydrogen-bond acceptors (Lipinski definition) is 3. The van der Waals surface area contributed by atoms with Gasteiger partial charge in [-0.2, -0.15) is 0 Å². The van der Waals surface area contributed by atoms with Crippen molar-refractivity contribution in [3.05, 3.63) is 23.8 Å². The van der Waals surface area contributed by atoms with Gasteiger partial charge in [0.2, 0.25) is 11.8 Å². The average molecular weight is 358 g/mol. The molecule has 3 rings (SSSR count). The second kappa shape index (κ2) is 9.60. The highest BCUT2D eigenvalue weighted by molar-refractivity contribution is 5.94. The summed E-state index contributed by atoms with van der Waals surface area (Å²) >= 11 is 0. The van der Waals surface area contributed by atoms with Crippen LogP contribution in [-0.4, -0.2) is 25.0 Å². The number of carbonyl (C=O) groups is 2. The minimum absolute atomic E-state index is 0.0670. The van der Waals surface area contributed by atoms with Crippen LogP contribution in [0.25, 0.3) is 0 Å². The molecule has 2 N–H and O–H groups in total. The Bertz CT molecular complexity index is 624. The summed E-state index contributed by atoms with van der Waals surface area (Å²) < 4.78 is 5.72. The minimum Gasteiger partial charge on any atom is -0.492 e. The quantitative estimate of drug-likeness (QED) is 0.694. The van der Waals surface area contributed by atoms with E-state index in [2.05, 4.69) is 10.6 Å². The molecule has 2 aliphatic rings. The number of anilines is 1. The first-order valence-corrected chi connectivity index (χ1v) is 10.0. The number of fused-ring (bicyclic) bond motifs is 1. The van der Waals surface area contributed by atoms with Gasteiger partial charge in [0.1, 0.15) is 12.4 Å². The number of hydrogen-bond donors (Lipinski definition) is 2. The van der Waals surface area contributed by atoms with Crippen molar-refractivity contribution in [2.45, 2.75) is 64.2 Å². The molecule has 0 atom stereocenters. The number of ether oxygens (including phenoxy) is 1. The van der Waals surface area contributed by atoms with Gasteiger partial charge in [-0.3, -0.25) is 9.59 Å². The fourth-order valence-electron chi connectivity index (χ4n) is 3.92. The van der Waals surface area contributed by atoms with Crippen LogP contribution in [0, 0.1) is 5.92 Å². The van der Waals surface area contributed by atoms with E-state index in [-0.39, 0.29) is 11.8 Å². The van der Waals surface area contributed by atoms with E-state index in [1.54, 1.807) is 0 Å². The first-order valence-electron chi connectivity index (χ1n) is 10.0. The number of rotatable bonds is 8. The Morgan fingerprint density at radius 1 is 1.19 bits per heavy atom. The molecule has 1 aromatic rings. The Hall–Kier alpha value is -2.04. The summed E-state index contributed by atoms with van der Waals surface area (Å²) in [7, 11) is 0. The first kappa shape index (κ1) is 18.7. The lowest BCUT2D eigenvalue weighted by molar-refractivity contribution is -0.121. The molecule has 1 fully saturated rings. The fourth-order valence-corrected chi connectivity index (χ4v) is 3.92. The van der Waals surface area contributed by atoms with Crippen LogP contribution in [0.1, 0.15) is 63.4 Å². The number of benzene rings is 1. The van der Waals surface area contributed by atoms with Crippen LogP contribution < -0.4 is 15.4 Å². The lowest BCUT2D eigenvalue weighted by Crippen LogP contribution is -2.28. The van der Waals surface area contributed by atoms with Gasteiger partial charge < -0.3 is 15.4 Å². The number of aryl methyl sites for hydroxylation is 1. The average Bonchev–Trinajstić information content (AvgIpc) is 2.66. The predicted molar refractivity (Wildman–Crippen MR) is 102 cm³/mol. The molecule has 0 saturated heterocycles. The Balaban J connectivity index is 1.29. The maximum atomic E-state index is 11.9. The Morgan fingerprint density at radius 3 is 2.88 bits per heavy atom. The Labute approximate surface area is 155 Å². The molecule has 1 aromatic carbocycles. The van der Waals surface area contributed by atoms with Crippen molar-refractivity contribution in [3.8, 4) is 5.75 Å². The predicted octanol–water partition coefficient (Wildman–Crippen LogP) is 3.82. The minimum atomic E-state index is 0.0670. The summed E-state index contributed by atoms with van der Waals surface area (Å²) in [6, 6.07) is 5.71. The summed E-state index contributed by atoms with van der Waals surface area (Å²) in [5, 5.41) is 5.80. The summed E-state index contributed by atoms with van der Waals surface area (Å²) in [6.45, 7) is 0.982. The van der Waals surface area contributed by atoms with Crippen molar-refractivity contribution in [2.75, 3.05) is 18.5 Å². The van der Waals surface area contributed by atoms with Crippen LogP contribution in [0.15, 0.2) is 18.2 Å². The molecule has 5 nitrogen and oxygen atoms in total. The van der Waals surface area contributed by atoms with E-state index in [0.717, 1.165) is 35.8 Å². The zero-order valence-corrected chi connectivity index (χ0v) is 15.5. The second-order valence-electron chi connectivity index (χ2n) is 7.46. The van der Waals surface area contributed by atoms with Gasteiger partial charge in [-0.1, -0.05) is 32.1 Å². The van der Waals surface area contributed by atoms with E-state index in [1.807, 2.05) is 18.2 Å². The molecular weight excluding hydrogens is 328 g/mol. The number of carbonyl (C=O) groups excluding carboxylic acids is 2. The van der Waals surface area contributed by atoms with Crippen molar-refractivity contribution < 1.29 is 14.3 Å². The Morgan fingerprint density at radius 2 is 2.04 bits per heavy atom. The van der Waals surface area contributed by atoms with E-state index >= 15 is 0 Å². The van der Waals surface area contributed by atoms with Crippen LogP contribution in [0.2, 0.25) is 0 Å². The third kappa shape index (κ3) is 5.75. The molecule has 0 radical (unpaired) electrons. The fraction of sp³-hybridized carbons (Fsp3) is 0.619. The summed E-state index contributed by atoms with van der Waals surface area (Å²) in [4.78, 5) is 23.3. The maximum Gasteiger partial charge on any atom is 0.224 e. The van der Waals surface area contributed by atoms with Gasteiger partial charge in [-0.25, -0.2) is 0 Å². The third-order valence-electron chi connectivity index (χ3n) is 5.41. The molecule has 0 bridgehead atoms. The lowest BCUT2D eigenvalue weighted by atomic mass is 9.86. The highest BCUT2D eigenvalue weighted by Gasteiger charge is 2.15. The van der Waals surface area contributed by atoms with Crippen LogP contribution >= 0.6 is 0 Å². The topological polar surface area (TPSA) is 67.4 Å². The van der Waals surface area contributed by atoms with E-state index in [4.69, 9.17) is 4.74 Å². The zero-order chi connectivity index (χ0) is 18.2. The number of amides is 2. The van der Waals surface area contributed by atoms with E-state index in [1.165, 1.54) is 38.5 Å². The summed E-state index contributed by atoms with van der Waals surface area (Å²) in [5.41, 5.74) is 1.98. The van der Waals surface area contributed by atoms with Gasteiger partial charge in [0.15, 0.2) is 0 Å². The van der Waals surface area contributed by atoms with Crippen LogP contribution in [0.5, 0.6) is 5.75 Å². The molecule has 1 aliphatic heterocycles. The van der Waals surface area contributed by atoms with E-state index in [9.17, 15) is 9.59 Å². The molecule has 2 amide bonds. The van der Waals surface area contributed by atoms with Crippen molar-refractivity contribution >= 4 is 17.5 Å². The van der Waals surface area contributed by atoms with Crippen molar-refractivity contribution in [1.29, 1.82) is 0 Å². The van der Waals surface area contributed by atoms with Crippen molar-refractivity contribution in [1.82, 2.24) is 5.32 Å². The van der Waals surface area contributed by atoms with E-state index < -0.39 is 0 Å². The molecule has 0 aromatic heterocycles.